The topological polar surface area (TPSA) is 23.8 Å². The van der Waals surface area contributed by atoms with Crippen molar-refractivity contribution in [2.24, 2.45) is 0 Å². The van der Waals surface area contributed by atoms with Gasteiger partial charge in [-0.05, 0) is 0 Å². The van der Waals surface area contributed by atoms with Crippen LogP contribution in [0.4, 0.5) is 0 Å². The molecule has 0 aromatic heterocycles. The summed E-state index contributed by atoms with van der Waals surface area (Å²) in [5, 5.41) is 6.50. The molecule has 0 N–H and O–H groups in total. The Labute approximate surface area is 46.7 Å². The van der Waals surface area contributed by atoms with E-state index in [9.17, 15) is 0 Å². The van der Waals surface area contributed by atoms with Crippen LogP contribution in [0.2, 0.25) is 14.8 Å². The van der Waals surface area contributed by atoms with Crippen LogP contribution in [-0.4, -0.2) is 19.8 Å². The number of nitriles is 1. The van der Waals surface area contributed by atoms with Gasteiger partial charge in [-0.15, -0.1) is 0 Å². The van der Waals surface area contributed by atoms with E-state index in [1.165, 1.54) is 0 Å². The van der Waals surface area contributed by atoms with Crippen LogP contribution in [0, 0.1) is 11.8 Å². The SMILES string of the molecule is C#N.[CH3][Sn]([CH3])[CH3]. The third-order valence-electron chi connectivity index (χ3n) is 0. The summed E-state index contributed by atoms with van der Waals surface area (Å²) in [5.74, 6) is 0. The summed E-state index contributed by atoms with van der Waals surface area (Å²) in [4.78, 5) is 7.09. The maximum atomic E-state index is 6.50. The standard InChI is InChI=1S/CHN.3CH3.Sn/c1-2;;;;/h1H;3*1H3;. The van der Waals surface area contributed by atoms with Gasteiger partial charge in [0, 0.05) is 6.57 Å². The van der Waals surface area contributed by atoms with E-state index in [2.05, 4.69) is 21.4 Å². The average molecular weight is 191 g/mol. The minimum absolute atomic E-state index is 0.543. The zero-order valence-electron chi connectivity index (χ0n) is 4.52. The van der Waals surface area contributed by atoms with Crippen LogP contribution in [0.5, 0.6) is 0 Å². The molecule has 0 atom stereocenters. The Morgan fingerprint density at radius 1 is 1.17 bits per heavy atom. The van der Waals surface area contributed by atoms with Gasteiger partial charge in [-0.3, -0.25) is 0 Å². The molecule has 2 heteroatoms. The van der Waals surface area contributed by atoms with E-state index in [0.717, 1.165) is 0 Å². The molecular weight excluding hydrogens is 181 g/mol. The molecule has 0 bridgehead atoms. The van der Waals surface area contributed by atoms with Gasteiger partial charge in [0.15, 0.2) is 0 Å². The summed E-state index contributed by atoms with van der Waals surface area (Å²) in [6.07, 6.45) is 0. The molecule has 0 aliphatic carbocycles. The predicted molar refractivity (Wildman–Crippen MR) is 30.0 cm³/mol. The zero-order chi connectivity index (χ0) is 5.58. The summed E-state index contributed by atoms with van der Waals surface area (Å²) in [7, 11) is 0. The normalized spacial score (nSPS) is 6.33. The molecular formula is C4H10NSn. The summed E-state index contributed by atoms with van der Waals surface area (Å²) in [6.45, 7) is 3.50. The van der Waals surface area contributed by atoms with Crippen molar-refractivity contribution < 1.29 is 0 Å². The monoisotopic (exact) mass is 192 g/mol. The van der Waals surface area contributed by atoms with Crippen molar-refractivity contribution >= 4 is 19.8 Å². The van der Waals surface area contributed by atoms with Gasteiger partial charge in [0.2, 0.25) is 0 Å². The van der Waals surface area contributed by atoms with E-state index in [1.54, 1.807) is 0 Å². The third kappa shape index (κ3) is 557. The zero-order valence-corrected chi connectivity index (χ0v) is 7.38. The molecule has 0 fully saturated rings. The number of hydrogen-bond acceptors (Lipinski definition) is 1. The van der Waals surface area contributed by atoms with E-state index >= 15 is 0 Å². The Kier molecular flexibility index (Phi) is 14.3. The van der Waals surface area contributed by atoms with Crippen LogP contribution in [0.15, 0.2) is 0 Å². The van der Waals surface area contributed by atoms with Gasteiger partial charge >= 0.3 is 34.6 Å². The van der Waals surface area contributed by atoms with Crippen LogP contribution in [0.3, 0.4) is 0 Å². The summed E-state index contributed by atoms with van der Waals surface area (Å²) >= 11 is -0.543. The molecule has 0 aliphatic rings. The fourth-order valence-electron chi connectivity index (χ4n) is 0. The Morgan fingerprint density at radius 3 is 1.17 bits per heavy atom. The molecule has 0 rings (SSSR count). The first-order valence-electron chi connectivity index (χ1n) is 1.76. The van der Waals surface area contributed by atoms with Crippen LogP contribution in [0.25, 0.3) is 0 Å². The second kappa shape index (κ2) is 8.99. The third-order valence-corrected chi connectivity index (χ3v) is 0. The molecule has 0 spiro atoms. The Bertz CT molecular complexity index is 29.0. The fourth-order valence-corrected chi connectivity index (χ4v) is 0. The molecule has 0 saturated carbocycles. The van der Waals surface area contributed by atoms with Crippen molar-refractivity contribution in [3.8, 4) is 6.57 Å². The molecule has 0 unspecified atom stereocenters. The summed E-state index contributed by atoms with van der Waals surface area (Å²) in [6, 6.07) is 0. The fraction of sp³-hybridized carbons (Fsp3) is 0.750. The van der Waals surface area contributed by atoms with Crippen molar-refractivity contribution in [2.75, 3.05) is 0 Å². The Hall–Kier alpha value is 0.289. The van der Waals surface area contributed by atoms with Crippen molar-refractivity contribution in [3.05, 3.63) is 0 Å². The molecule has 35 valence electrons. The molecule has 0 amide bonds. The second-order valence-corrected chi connectivity index (χ2v) is 10.1. The molecule has 1 nitrogen and oxygen atoms in total. The average Bonchev–Trinajstić information content (AvgIpc) is 1.41. The molecule has 0 aliphatic heterocycles. The van der Waals surface area contributed by atoms with E-state index in [0.29, 0.717) is 0 Å². The second-order valence-electron chi connectivity index (χ2n) is 1.50. The molecule has 0 aromatic rings. The van der Waals surface area contributed by atoms with E-state index < -0.39 is 19.8 Å². The van der Waals surface area contributed by atoms with Crippen LogP contribution < -0.4 is 0 Å². The van der Waals surface area contributed by atoms with Gasteiger partial charge in [0.25, 0.3) is 0 Å². The Morgan fingerprint density at radius 2 is 1.17 bits per heavy atom. The molecule has 1 radical (unpaired) electrons. The number of hydrogen-bond donors (Lipinski definition) is 0. The summed E-state index contributed by atoms with van der Waals surface area (Å²) < 4.78 is 0. The number of nitrogens with zero attached hydrogens (tertiary/aromatic N) is 1. The van der Waals surface area contributed by atoms with Gasteiger partial charge < -0.3 is 0 Å². The first kappa shape index (κ1) is 9.56. The van der Waals surface area contributed by atoms with E-state index in [-0.39, 0.29) is 0 Å². The van der Waals surface area contributed by atoms with Crippen molar-refractivity contribution in [1.82, 2.24) is 0 Å². The maximum absolute atomic E-state index is 6.50. The van der Waals surface area contributed by atoms with Gasteiger partial charge in [-0.1, -0.05) is 0 Å². The van der Waals surface area contributed by atoms with Crippen LogP contribution in [0.1, 0.15) is 0 Å². The van der Waals surface area contributed by atoms with Gasteiger partial charge in [0.05, 0.1) is 0 Å². The van der Waals surface area contributed by atoms with Crippen molar-refractivity contribution in [2.45, 2.75) is 14.8 Å². The van der Waals surface area contributed by atoms with Crippen LogP contribution >= 0.6 is 0 Å². The van der Waals surface area contributed by atoms with Gasteiger partial charge in [-0.2, -0.15) is 0 Å². The van der Waals surface area contributed by atoms with Gasteiger partial charge in [0.1, 0.15) is 0 Å². The first-order valence-corrected chi connectivity index (χ1v) is 10.3. The molecule has 0 saturated heterocycles. The van der Waals surface area contributed by atoms with Crippen LogP contribution in [-0.2, 0) is 0 Å². The van der Waals surface area contributed by atoms with Crippen molar-refractivity contribution in [3.63, 3.8) is 0 Å². The summed E-state index contributed by atoms with van der Waals surface area (Å²) in [5.41, 5.74) is 0. The predicted octanol–water partition coefficient (Wildman–Crippen LogP) is 1.51. The van der Waals surface area contributed by atoms with Crippen molar-refractivity contribution in [1.29, 1.82) is 5.26 Å². The van der Waals surface area contributed by atoms with E-state index in [4.69, 9.17) is 5.26 Å². The number of rotatable bonds is 0. The van der Waals surface area contributed by atoms with Gasteiger partial charge in [-0.25, -0.2) is 5.26 Å². The van der Waals surface area contributed by atoms with E-state index in [1.807, 2.05) is 0 Å². The molecule has 0 heterocycles. The Balaban J connectivity index is 0. The quantitative estimate of drug-likeness (QED) is 0.532. The molecule has 0 aromatic carbocycles. The minimum atomic E-state index is -0.543. The first-order chi connectivity index (χ1) is 2.73. The molecule has 6 heavy (non-hydrogen) atoms.